The summed E-state index contributed by atoms with van der Waals surface area (Å²) in [6, 6.07) is 14.1. The monoisotopic (exact) mass is 406 g/mol. The van der Waals surface area contributed by atoms with Crippen molar-refractivity contribution in [2.24, 2.45) is 0 Å². The zero-order valence-corrected chi connectivity index (χ0v) is 16.7. The van der Waals surface area contributed by atoms with E-state index in [0.29, 0.717) is 16.0 Å². The summed E-state index contributed by atoms with van der Waals surface area (Å²) in [4.78, 5) is 29.9. The average Bonchev–Trinajstić information content (AvgIpc) is 3.15. The molecule has 0 aliphatic rings. The Balaban J connectivity index is 1.82. The Morgan fingerprint density at radius 1 is 1.21 bits per heavy atom. The van der Waals surface area contributed by atoms with Gasteiger partial charge in [0.15, 0.2) is 0 Å². The van der Waals surface area contributed by atoms with E-state index in [9.17, 15) is 14.7 Å². The van der Waals surface area contributed by atoms with E-state index in [1.54, 1.807) is 36.8 Å². The van der Waals surface area contributed by atoms with Gasteiger partial charge in [-0.15, -0.1) is 11.3 Å². The largest absolute Gasteiger partial charge is 0.497 e. The molecule has 2 aromatic heterocycles. The van der Waals surface area contributed by atoms with Crippen LogP contribution in [0.4, 0.5) is 0 Å². The van der Waals surface area contributed by atoms with E-state index in [-0.39, 0.29) is 17.7 Å². The van der Waals surface area contributed by atoms with Gasteiger partial charge in [0.25, 0.3) is 5.56 Å². The van der Waals surface area contributed by atoms with Gasteiger partial charge in [0.05, 0.1) is 24.6 Å². The van der Waals surface area contributed by atoms with Gasteiger partial charge in [0.2, 0.25) is 0 Å². The third-order valence-electron chi connectivity index (χ3n) is 4.80. The molecule has 0 saturated carbocycles. The van der Waals surface area contributed by atoms with Crippen LogP contribution >= 0.6 is 11.3 Å². The van der Waals surface area contributed by atoms with Gasteiger partial charge in [-0.25, -0.2) is 9.78 Å². The van der Waals surface area contributed by atoms with E-state index in [4.69, 9.17) is 4.74 Å². The zero-order valence-electron chi connectivity index (χ0n) is 15.9. The maximum absolute atomic E-state index is 13.3. The Labute approximate surface area is 170 Å². The summed E-state index contributed by atoms with van der Waals surface area (Å²) < 4.78 is 6.79. The lowest BCUT2D eigenvalue weighted by molar-refractivity contribution is 0.0696. The molecule has 0 saturated heterocycles. The highest BCUT2D eigenvalue weighted by Crippen LogP contribution is 2.32. The van der Waals surface area contributed by atoms with Crippen molar-refractivity contribution in [2.45, 2.75) is 13.5 Å². The molecular formula is C22H18N2O4S. The molecule has 29 heavy (non-hydrogen) atoms. The summed E-state index contributed by atoms with van der Waals surface area (Å²) in [5.74, 6) is 0.341. The number of aryl methyl sites for hydroxylation is 1. The molecule has 146 valence electrons. The second-order valence-corrected chi connectivity index (χ2v) is 7.47. The number of rotatable bonds is 5. The van der Waals surface area contributed by atoms with Crippen LogP contribution in [-0.2, 0) is 6.54 Å². The fraction of sp³-hybridized carbons (Fsp3) is 0.136. The molecule has 2 heterocycles. The molecule has 0 unspecified atom stereocenters. The van der Waals surface area contributed by atoms with Crippen LogP contribution in [0.5, 0.6) is 5.75 Å². The summed E-state index contributed by atoms with van der Waals surface area (Å²) >= 11 is 1.44. The van der Waals surface area contributed by atoms with Crippen LogP contribution < -0.4 is 10.3 Å². The van der Waals surface area contributed by atoms with Gasteiger partial charge in [-0.2, -0.15) is 0 Å². The molecule has 6 nitrogen and oxygen atoms in total. The molecule has 0 radical (unpaired) electrons. The standard InChI is InChI=1S/C22H18N2O4S/c1-13-23-20-19(18(12-29-20)15-6-8-17(28-2)9-7-15)21(25)24(13)11-14-4-3-5-16(10-14)22(26)27/h3-10,12H,11H2,1-2H3,(H,26,27). The maximum atomic E-state index is 13.3. The fourth-order valence-electron chi connectivity index (χ4n) is 3.28. The van der Waals surface area contributed by atoms with Gasteiger partial charge in [0, 0.05) is 10.9 Å². The van der Waals surface area contributed by atoms with Gasteiger partial charge in [-0.1, -0.05) is 24.3 Å². The Hall–Kier alpha value is -3.45. The number of thiophene rings is 1. The van der Waals surface area contributed by atoms with Crippen molar-refractivity contribution in [1.29, 1.82) is 0 Å². The van der Waals surface area contributed by atoms with E-state index < -0.39 is 5.97 Å². The van der Waals surface area contributed by atoms with Crippen molar-refractivity contribution in [2.75, 3.05) is 7.11 Å². The van der Waals surface area contributed by atoms with E-state index in [0.717, 1.165) is 22.4 Å². The molecule has 4 aromatic rings. The molecule has 0 fully saturated rings. The summed E-state index contributed by atoms with van der Waals surface area (Å²) in [6.45, 7) is 2.04. The molecule has 1 N–H and O–H groups in total. The predicted molar refractivity (Wildman–Crippen MR) is 113 cm³/mol. The molecule has 7 heteroatoms. The fourth-order valence-corrected chi connectivity index (χ4v) is 4.26. The molecule has 0 spiro atoms. The number of hydrogen-bond acceptors (Lipinski definition) is 5. The van der Waals surface area contributed by atoms with Crippen LogP contribution in [0.2, 0.25) is 0 Å². The topological polar surface area (TPSA) is 81.4 Å². The first-order chi connectivity index (χ1) is 14.0. The molecule has 0 aliphatic carbocycles. The molecular weight excluding hydrogens is 388 g/mol. The van der Waals surface area contributed by atoms with Crippen LogP contribution in [0.3, 0.4) is 0 Å². The summed E-state index contributed by atoms with van der Waals surface area (Å²) in [6.07, 6.45) is 0. The van der Waals surface area contributed by atoms with E-state index in [1.807, 2.05) is 29.6 Å². The number of carbonyl (C=O) groups is 1. The number of carboxylic acid groups (broad SMARTS) is 1. The van der Waals surface area contributed by atoms with Crippen molar-refractivity contribution in [3.8, 4) is 16.9 Å². The van der Waals surface area contributed by atoms with Crippen molar-refractivity contribution < 1.29 is 14.6 Å². The Morgan fingerprint density at radius 2 is 1.97 bits per heavy atom. The molecule has 0 bridgehead atoms. The molecule has 0 aliphatic heterocycles. The number of carboxylic acids is 1. The van der Waals surface area contributed by atoms with Gasteiger partial charge >= 0.3 is 5.97 Å². The highest BCUT2D eigenvalue weighted by atomic mass is 32.1. The first-order valence-corrected chi connectivity index (χ1v) is 9.81. The van der Waals surface area contributed by atoms with Crippen LogP contribution in [0, 0.1) is 6.92 Å². The summed E-state index contributed by atoms with van der Waals surface area (Å²) in [5, 5.41) is 11.7. The quantitative estimate of drug-likeness (QED) is 0.537. The number of aromatic nitrogens is 2. The van der Waals surface area contributed by atoms with Crippen molar-refractivity contribution >= 4 is 27.5 Å². The first-order valence-electron chi connectivity index (χ1n) is 8.93. The molecule has 0 atom stereocenters. The van der Waals surface area contributed by atoms with E-state index in [2.05, 4.69) is 4.98 Å². The number of methoxy groups -OCH3 is 1. The molecule has 2 aromatic carbocycles. The zero-order chi connectivity index (χ0) is 20.5. The number of aromatic carboxylic acids is 1. The number of benzene rings is 2. The predicted octanol–water partition coefficient (Wildman–Crippen LogP) is 4.19. The van der Waals surface area contributed by atoms with Gasteiger partial charge in [0.1, 0.15) is 16.4 Å². The Kier molecular flexibility index (Phi) is 4.90. The first kappa shape index (κ1) is 18.9. The Bertz CT molecular complexity index is 1270. The minimum atomic E-state index is -0.996. The van der Waals surface area contributed by atoms with Crippen LogP contribution in [-0.4, -0.2) is 27.7 Å². The van der Waals surface area contributed by atoms with Gasteiger partial charge < -0.3 is 9.84 Å². The van der Waals surface area contributed by atoms with Crippen molar-refractivity contribution in [3.63, 3.8) is 0 Å². The average molecular weight is 406 g/mol. The van der Waals surface area contributed by atoms with Crippen LogP contribution in [0.15, 0.2) is 58.7 Å². The Morgan fingerprint density at radius 3 is 2.66 bits per heavy atom. The maximum Gasteiger partial charge on any atom is 0.335 e. The minimum Gasteiger partial charge on any atom is -0.497 e. The number of hydrogen-bond donors (Lipinski definition) is 1. The molecule has 4 rings (SSSR count). The normalized spacial score (nSPS) is 11.0. The van der Waals surface area contributed by atoms with Crippen LogP contribution in [0.25, 0.3) is 21.3 Å². The number of nitrogens with zero attached hydrogens (tertiary/aromatic N) is 2. The molecule has 0 amide bonds. The second-order valence-electron chi connectivity index (χ2n) is 6.61. The lowest BCUT2D eigenvalue weighted by Crippen LogP contribution is -2.24. The minimum absolute atomic E-state index is 0.139. The SMILES string of the molecule is COc1ccc(-c2csc3nc(C)n(Cc4cccc(C(=O)O)c4)c(=O)c23)cc1. The summed E-state index contributed by atoms with van der Waals surface area (Å²) in [7, 11) is 1.61. The van der Waals surface area contributed by atoms with Crippen LogP contribution in [0.1, 0.15) is 21.7 Å². The third-order valence-corrected chi connectivity index (χ3v) is 5.67. The number of fused-ring (bicyclic) bond motifs is 1. The number of ether oxygens (including phenoxy) is 1. The lowest BCUT2D eigenvalue weighted by atomic mass is 10.1. The summed E-state index contributed by atoms with van der Waals surface area (Å²) in [5.41, 5.74) is 2.53. The lowest BCUT2D eigenvalue weighted by Gasteiger charge is -2.11. The van der Waals surface area contributed by atoms with Gasteiger partial charge in [-0.3, -0.25) is 9.36 Å². The second kappa shape index (κ2) is 7.52. The highest BCUT2D eigenvalue weighted by Gasteiger charge is 2.16. The van der Waals surface area contributed by atoms with E-state index >= 15 is 0 Å². The highest BCUT2D eigenvalue weighted by molar-refractivity contribution is 7.17. The van der Waals surface area contributed by atoms with E-state index in [1.165, 1.54) is 17.4 Å². The third kappa shape index (κ3) is 3.52. The van der Waals surface area contributed by atoms with Gasteiger partial charge in [-0.05, 0) is 42.3 Å². The van der Waals surface area contributed by atoms with Crippen molar-refractivity contribution in [3.05, 3.63) is 81.2 Å². The van der Waals surface area contributed by atoms with Crippen molar-refractivity contribution in [1.82, 2.24) is 9.55 Å². The smallest absolute Gasteiger partial charge is 0.335 e.